The Hall–Kier alpha value is -2.28. The Balaban J connectivity index is 2.15. The second-order valence-electron chi connectivity index (χ2n) is 3.49. The molecule has 1 aromatic carbocycles. The number of hydrogen-bond donors (Lipinski definition) is 1. The molecular formula is C12H12N4O2S. The van der Waals surface area contributed by atoms with Gasteiger partial charge in [0.2, 0.25) is 5.16 Å². The Bertz CT molecular complexity index is 595. The summed E-state index contributed by atoms with van der Waals surface area (Å²) < 4.78 is 5.86. The molecule has 2 rings (SSSR count). The highest BCUT2D eigenvalue weighted by atomic mass is 32.2. The van der Waals surface area contributed by atoms with Crippen LogP contribution in [0.5, 0.6) is 0 Å². The van der Waals surface area contributed by atoms with Crippen molar-refractivity contribution in [1.29, 1.82) is 0 Å². The zero-order valence-corrected chi connectivity index (χ0v) is 11.0. The van der Waals surface area contributed by atoms with E-state index >= 15 is 0 Å². The van der Waals surface area contributed by atoms with E-state index in [-0.39, 0.29) is 0 Å². The lowest BCUT2D eigenvalue weighted by Crippen LogP contribution is -2.11. The molecule has 0 unspecified atom stereocenters. The van der Waals surface area contributed by atoms with E-state index in [1.54, 1.807) is 5.41 Å². The zero-order chi connectivity index (χ0) is 13.7. The molecule has 98 valence electrons. The fourth-order valence-electron chi connectivity index (χ4n) is 1.36. The SMILES string of the molecule is COC(=O)C=CSc1nnc(-c2ccccc2)n1N. The number of aromatic nitrogens is 3. The number of benzene rings is 1. The number of ether oxygens (including phenoxy) is 1. The van der Waals surface area contributed by atoms with E-state index in [0.29, 0.717) is 11.0 Å². The number of carbonyl (C=O) groups excluding carboxylic acids is 1. The molecule has 7 heteroatoms. The molecule has 2 aromatic rings. The molecule has 0 bridgehead atoms. The van der Waals surface area contributed by atoms with Gasteiger partial charge >= 0.3 is 5.97 Å². The molecule has 0 amide bonds. The van der Waals surface area contributed by atoms with Crippen molar-refractivity contribution >= 4 is 17.7 Å². The molecular weight excluding hydrogens is 264 g/mol. The van der Waals surface area contributed by atoms with Crippen LogP contribution in [0, 0.1) is 0 Å². The molecule has 1 aromatic heterocycles. The maximum Gasteiger partial charge on any atom is 0.330 e. The molecule has 0 saturated heterocycles. The van der Waals surface area contributed by atoms with Gasteiger partial charge in [0.15, 0.2) is 5.82 Å². The van der Waals surface area contributed by atoms with Crippen LogP contribution in [0.15, 0.2) is 47.0 Å². The number of nitrogens with zero attached hydrogens (tertiary/aromatic N) is 3. The molecule has 0 saturated carbocycles. The van der Waals surface area contributed by atoms with Crippen molar-refractivity contribution in [2.45, 2.75) is 5.16 Å². The van der Waals surface area contributed by atoms with E-state index in [9.17, 15) is 4.79 Å². The van der Waals surface area contributed by atoms with Crippen molar-refractivity contribution in [2.75, 3.05) is 13.0 Å². The summed E-state index contributed by atoms with van der Waals surface area (Å²) in [7, 11) is 1.32. The summed E-state index contributed by atoms with van der Waals surface area (Å²) in [6.45, 7) is 0. The fraction of sp³-hybridized carbons (Fsp3) is 0.0833. The van der Waals surface area contributed by atoms with Crippen LogP contribution in [0.3, 0.4) is 0 Å². The van der Waals surface area contributed by atoms with Gasteiger partial charge in [-0.2, -0.15) is 0 Å². The van der Waals surface area contributed by atoms with Crippen molar-refractivity contribution in [3.63, 3.8) is 0 Å². The molecule has 6 nitrogen and oxygen atoms in total. The predicted octanol–water partition coefficient (Wildman–Crippen LogP) is 1.44. The number of esters is 1. The summed E-state index contributed by atoms with van der Waals surface area (Å²) in [6, 6.07) is 9.50. The lowest BCUT2D eigenvalue weighted by molar-refractivity contribution is -0.134. The van der Waals surface area contributed by atoms with Crippen molar-refractivity contribution < 1.29 is 9.53 Å². The number of rotatable bonds is 4. The third-order valence-electron chi connectivity index (χ3n) is 2.28. The Morgan fingerprint density at radius 1 is 1.37 bits per heavy atom. The number of nitrogens with two attached hydrogens (primary N) is 1. The summed E-state index contributed by atoms with van der Waals surface area (Å²) in [6.07, 6.45) is 1.29. The van der Waals surface area contributed by atoms with E-state index in [1.807, 2.05) is 30.3 Å². The molecule has 0 aliphatic carbocycles. The molecule has 0 aliphatic heterocycles. The Labute approximate surface area is 114 Å². The number of carbonyl (C=O) groups is 1. The topological polar surface area (TPSA) is 83.0 Å². The molecule has 0 fully saturated rings. The van der Waals surface area contributed by atoms with Crippen LogP contribution in [0.2, 0.25) is 0 Å². The van der Waals surface area contributed by atoms with Gasteiger partial charge in [-0.1, -0.05) is 42.1 Å². The monoisotopic (exact) mass is 276 g/mol. The van der Waals surface area contributed by atoms with Crippen molar-refractivity contribution in [3.8, 4) is 11.4 Å². The third kappa shape index (κ3) is 3.14. The second-order valence-corrected chi connectivity index (χ2v) is 4.36. The molecule has 1 heterocycles. The third-order valence-corrected chi connectivity index (χ3v) is 3.04. The first-order valence-electron chi connectivity index (χ1n) is 5.39. The summed E-state index contributed by atoms with van der Waals surface area (Å²) in [4.78, 5) is 10.9. The first kappa shape index (κ1) is 13.2. The number of nitrogen functional groups attached to an aromatic ring is 1. The predicted molar refractivity (Wildman–Crippen MR) is 72.6 cm³/mol. The van der Waals surface area contributed by atoms with Crippen molar-refractivity contribution in [1.82, 2.24) is 14.9 Å². The highest BCUT2D eigenvalue weighted by Crippen LogP contribution is 2.21. The van der Waals surface area contributed by atoms with Gasteiger partial charge in [0, 0.05) is 11.6 Å². The van der Waals surface area contributed by atoms with E-state index in [1.165, 1.54) is 29.6 Å². The average molecular weight is 276 g/mol. The van der Waals surface area contributed by atoms with Gasteiger partial charge in [-0.05, 0) is 5.41 Å². The molecule has 19 heavy (non-hydrogen) atoms. The smallest absolute Gasteiger partial charge is 0.330 e. The Morgan fingerprint density at radius 2 is 2.11 bits per heavy atom. The quantitative estimate of drug-likeness (QED) is 0.394. The zero-order valence-electron chi connectivity index (χ0n) is 10.2. The van der Waals surface area contributed by atoms with E-state index in [4.69, 9.17) is 5.84 Å². The Morgan fingerprint density at radius 3 is 2.79 bits per heavy atom. The van der Waals surface area contributed by atoms with Gasteiger partial charge in [0.1, 0.15) is 0 Å². The summed E-state index contributed by atoms with van der Waals surface area (Å²) in [5.41, 5.74) is 0.876. The first-order chi connectivity index (χ1) is 9.22. The van der Waals surface area contributed by atoms with E-state index in [0.717, 1.165) is 5.56 Å². The van der Waals surface area contributed by atoms with Gasteiger partial charge in [-0.25, -0.2) is 9.47 Å². The molecule has 0 radical (unpaired) electrons. The first-order valence-corrected chi connectivity index (χ1v) is 6.27. The second kappa shape index (κ2) is 6.05. The highest BCUT2D eigenvalue weighted by molar-refractivity contribution is 8.02. The van der Waals surface area contributed by atoms with Crippen LogP contribution in [0.25, 0.3) is 11.4 Å². The maximum atomic E-state index is 10.9. The van der Waals surface area contributed by atoms with E-state index in [2.05, 4.69) is 14.9 Å². The molecule has 0 atom stereocenters. The van der Waals surface area contributed by atoms with Crippen molar-refractivity contribution in [2.24, 2.45) is 0 Å². The summed E-state index contributed by atoms with van der Waals surface area (Å²) >= 11 is 1.19. The highest BCUT2D eigenvalue weighted by Gasteiger charge is 2.10. The van der Waals surface area contributed by atoms with Crippen LogP contribution < -0.4 is 5.84 Å². The maximum absolute atomic E-state index is 10.9. The summed E-state index contributed by atoms with van der Waals surface area (Å²) in [5.74, 6) is 6.04. The van der Waals surface area contributed by atoms with Crippen molar-refractivity contribution in [3.05, 3.63) is 41.8 Å². The molecule has 0 spiro atoms. The molecule has 0 aliphatic rings. The summed E-state index contributed by atoms with van der Waals surface area (Å²) in [5, 5.41) is 10.0. The van der Waals surface area contributed by atoms with Gasteiger partial charge in [-0.3, -0.25) is 0 Å². The van der Waals surface area contributed by atoms with Crippen LogP contribution in [0.1, 0.15) is 0 Å². The van der Waals surface area contributed by atoms with Gasteiger partial charge in [-0.15, -0.1) is 10.2 Å². The van der Waals surface area contributed by atoms with Gasteiger partial charge in [0.25, 0.3) is 0 Å². The van der Waals surface area contributed by atoms with Crippen LogP contribution in [-0.4, -0.2) is 28.0 Å². The lowest BCUT2D eigenvalue weighted by atomic mass is 10.2. The minimum Gasteiger partial charge on any atom is -0.466 e. The minimum atomic E-state index is -0.432. The van der Waals surface area contributed by atoms with Gasteiger partial charge < -0.3 is 10.6 Å². The Kier molecular flexibility index (Phi) is 4.19. The average Bonchev–Trinajstić information content (AvgIpc) is 2.81. The van der Waals surface area contributed by atoms with Crippen LogP contribution in [0.4, 0.5) is 0 Å². The normalized spacial score (nSPS) is 10.8. The fourth-order valence-corrected chi connectivity index (χ4v) is 1.95. The van der Waals surface area contributed by atoms with Crippen LogP contribution >= 0.6 is 11.8 Å². The van der Waals surface area contributed by atoms with E-state index < -0.39 is 5.97 Å². The molecule has 2 N–H and O–H groups in total. The lowest BCUT2D eigenvalue weighted by Gasteiger charge is -2.01. The standard InChI is InChI=1S/C12H12N4O2S/c1-18-10(17)7-8-19-12-15-14-11(16(12)13)9-5-3-2-4-6-9/h2-8H,13H2,1H3. The number of hydrogen-bond acceptors (Lipinski definition) is 6. The van der Waals surface area contributed by atoms with Crippen LogP contribution in [-0.2, 0) is 9.53 Å². The number of thioether (sulfide) groups is 1. The minimum absolute atomic E-state index is 0.432. The van der Waals surface area contributed by atoms with Gasteiger partial charge in [0.05, 0.1) is 7.11 Å². The largest absolute Gasteiger partial charge is 0.466 e. The number of methoxy groups -OCH3 is 1.